The van der Waals surface area contributed by atoms with E-state index in [4.69, 9.17) is 5.73 Å². The minimum Gasteiger partial charge on any atom is -0.386 e. The Balaban J connectivity index is 2.44. The van der Waals surface area contributed by atoms with Crippen LogP contribution in [0.5, 0.6) is 0 Å². The fourth-order valence-electron chi connectivity index (χ4n) is 1.57. The fourth-order valence-corrected chi connectivity index (χ4v) is 1.57. The van der Waals surface area contributed by atoms with Crippen LogP contribution in [0.1, 0.15) is 31.9 Å². The lowest BCUT2D eigenvalue weighted by Crippen LogP contribution is -2.33. The Morgan fingerprint density at radius 3 is 2.74 bits per heavy atom. The third kappa shape index (κ3) is 5.70. The average Bonchev–Trinajstić information content (AvgIpc) is 2.36. The zero-order chi connectivity index (χ0) is 14.3. The summed E-state index contributed by atoms with van der Waals surface area (Å²) in [6.45, 7) is 5.03. The molecule has 19 heavy (non-hydrogen) atoms. The molecule has 0 aliphatic carbocycles. The molecule has 1 aromatic carbocycles. The van der Waals surface area contributed by atoms with E-state index in [1.165, 1.54) is 12.1 Å². The minimum atomic E-state index is -0.980. The predicted molar refractivity (Wildman–Crippen MR) is 75.3 cm³/mol. The van der Waals surface area contributed by atoms with Crippen LogP contribution in [0.15, 0.2) is 29.3 Å². The number of guanidine groups is 1. The van der Waals surface area contributed by atoms with Crippen LogP contribution in [0.3, 0.4) is 0 Å². The molecule has 1 atom stereocenters. The van der Waals surface area contributed by atoms with Gasteiger partial charge < -0.3 is 16.2 Å². The first-order valence-corrected chi connectivity index (χ1v) is 6.47. The molecule has 0 heterocycles. The number of nitrogens with two attached hydrogens (primary N) is 1. The number of nitrogens with zero attached hydrogens (tertiary/aromatic N) is 1. The highest BCUT2D eigenvalue weighted by Gasteiger charge is 2.11. The summed E-state index contributed by atoms with van der Waals surface area (Å²) >= 11 is 0. The van der Waals surface area contributed by atoms with Crippen molar-refractivity contribution in [2.45, 2.75) is 26.4 Å². The maximum absolute atomic E-state index is 13.4. The van der Waals surface area contributed by atoms with Gasteiger partial charge in [-0.1, -0.05) is 32.0 Å². The molecule has 0 saturated heterocycles. The number of aliphatic hydroxyl groups is 1. The average molecular weight is 267 g/mol. The fraction of sp³-hybridized carbons (Fsp3) is 0.500. The molecule has 0 radical (unpaired) electrons. The Morgan fingerprint density at radius 1 is 1.42 bits per heavy atom. The lowest BCUT2D eigenvalue weighted by Gasteiger charge is -2.11. The van der Waals surface area contributed by atoms with Crippen molar-refractivity contribution < 1.29 is 9.50 Å². The van der Waals surface area contributed by atoms with Crippen LogP contribution in [0.25, 0.3) is 0 Å². The zero-order valence-electron chi connectivity index (χ0n) is 11.4. The highest BCUT2D eigenvalue weighted by molar-refractivity contribution is 5.77. The first-order chi connectivity index (χ1) is 9.00. The van der Waals surface area contributed by atoms with Gasteiger partial charge in [0.05, 0.1) is 6.54 Å². The van der Waals surface area contributed by atoms with Crippen molar-refractivity contribution in [3.8, 4) is 0 Å². The number of hydrogen-bond acceptors (Lipinski definition) is 2. The van der Waals surface area contributed by atoms with Gasteiger partial charge in [-0.25, -0.2) is 4.39 Å². The Labute approximate surface area is 113 Å². The molecule has 106 valence electrons. The number of nitrogens with one attached hydrogen (secondary N) is 1. The van der Waals surface area contributed by atoms with Gasteiger partial charge in [0.2, 0.25) is 0 Å². The van der Waals surface area contributed by atoms with Crippen molar-refractivity contribution in [3.05, 3.63) is 35.6 Å². The van der Waals surface area contributed by atoms with Crippen molar-refractivity contribution in [3.63, 3.8) is 0 Å². The van der Waals surface area contributed by atoms with Gasteiger partial charge in [-0.05, 0) is 18.4 Å². The van der Waals surface area contributed by atoms with E-state index < -0.39 is 11.9 Å². The van der Waals surface area contributed by atoms with E-state index in [1.807, 2.05) is 0 Å². The highest BCUT2D eigenvalue weighted by Crippen LogP contribution is 2.16. The molecular formula is C14H22FN3O. The number of aliphatic imine (C=N–C) groups is 1. The molecule has 0 aliphatic rings. The standard InChI is InChI=1S/C14H22FN3O/c1-10(2)7-8-17-14(16)18-9-13(19)11-5-3-4-6-12(11)15/h3-6,10,13,19H,7-9H2,1-2H3,(H3,16,17,18). The molecule has 0 fully saturated rings. The number of hydrogen-bond donors (Lipinski definition) is 3. The number of benzene rings is 1. The van der Waals surface area contributed by atoms with Gasteiger partial charge in [0.25, 0.3) is 0 Å². The molecule has 1 unspecified atom stereocenters. The first kappa shape index (κ1) is 15.4. The largest absolute Gasteiger partial charge is 0.386 e. The summed E-state index contributed by atoms with van der Waals surface area (Å²) in [6, 6.07) is 6.11. The second-order valence-corrected chi connectivity index (χ2v) is 4.87. The second-order valence-electron chi connectivity index (χ2n) is 4.87. The third-order valence-electron chi connectivity index (χ3n) is 2.73. The summed E-state index contributed by atoms with van der Waals surface area (Å²) in [5, 5.41) is 12.8. The second kappa shape index (κ2) is 7.74. The maximum atomic E-state index is 13.4. The van der Waals surface area contributed by atoms with Gasteiger partial charge in [-0.15, -0.1) is 0 Å². The molecule has 5 heteroatoms. The van der Waals surface area contributed by atoms with E-state index in [9.17, 15) is 9.50 Å². The zero-order valence-corrected chi connectivity index (χ0v) is 11.4. The summed E-state index contributed by atoms with van der Waals surface area (Å²) in [6.07, 6.45) is 0.0122. The van der Waals surface area contributed by atoms with Crippen molar-refractivity contribution >= 4 is 5.96 Å². The van der Waals surface area contributed by atoms with Crippen molar-refractivity contribution in [1.29, 1.82) is 0 Å². The van der Waals surface area contributed by atoms with E-state index in [0.717, 1.165) is 13.0 Å². The van der Waals surface area contributed by atoms with E-state index in [1.54, 1.807) is 12.1 Å². The smallest absolute Gasteiger partial charge is 0.188 e. The molecule has 0 bridgehead atoms. The molecular weight excluding hydrogens is 245 g/mol. The summed E-state index contributed by atoms with van der Waals surface area (Å²) in [5.41, 5.74) is 5.90. The number of halogens is 1. The highest BCUT2D eigenvalue weighted by atomic mass is 19.1. The quantitative estimate of drug-likeness (QED) is 0.544. The lowest BCUT2D eigenvalue weighted by molar-refractivity contribution is 0.182. The van der Waals surface area contributed by atoms with Crippen LogP contribution < -0.4 is 11.1 Å². The Morgan fingerprint density at radius 2 is 2.11 bits per heavy atom. The monoisotopic (exact) mass is 267 g/mol. The van der Waals surface area contributed by atoms with E-state index in [2.05, 4.69) is 24.2 Å². The Kier molecular flexibility index (Phi) is 6.29. The van der Waals surface area contributed by atoms with Gasteiger partial charge in [0.15, 0.2) is 5.96 Å². The molecule has 1 rings (SSSR count). The summed E-state index contributed by atoms with van der Waals surface area (Å²) < 4.78 is 13.4. The van der Waals surface area contributed by atoms with Crippen LogP contribution >= 0.6 is 0 Å². The van der Waals surface area contributed by atoms with E-state index in [0.29, 0.717) is 5.92 Å². The van der Waals surface area contributed by atoms with Crippen LogP contribution in [-0.2, 0) is 0 Å². The van der Waals surface area contributed by atoms with Crippen LogP contribution in [0.4, 0.5) is 4.39 Å². The van der Waals surface area contributed by atoms with Crippen LogP contribution in [0.2, 0.25) is 0 Å². The van der Waals surface area contributed by atoms with E-state index >= 15 is 0 Å². The summed E-state index contributed by atoms with van der Waals surface area (Å²) in [7, 11) is 0. The molecule has 1 aromatic rings. The summed E-state index contributed by atoms with van der Waals surface area (Å²) in [4.78, 5) is 4.01. The van der Waals surface area contributed by atoms with Gasteiger partial charge in [0.1, 0.15) is 11.9 Å². The molecule has 4 N–H and O–H groups in total. The molecule has 4 nitrogen and oxygen atoms in total. The lowest BCUT2D eigenvalue weighted by atomic mass is 10.1. The molecule has 0 aromatic heterocycles. The van der Waals surface area contributed by atoms with Crippen molar-refractivity contribution in [1.82, 2.24) is 5.32 Å². The van der Waals surface area contributed by atoms with Crippen molar-refractivity contribution in [2.24, 2.45) is 16.6 Å². The normalized spacial score (nSPS) is 13.6. The van der Waals surface area contributed by atoms with Gasteiger partial charge in [0, 0.05) is 12.1 Å². The minimum absolute atomic E-state index is 0.0431. The maximum Gasteiger partial charge on any atom is 0.188 e. The third-order valence-corrected chi connectivity index (χ3v) is 2.73. The summed E-state index contributed by atoms with van der Waals surface area (Å²) in [5.74, 6) is 0.428. The van der Waals surface area contributed by atoms with Gasteiger partial charge >= 0.3 is 0 Å². The molecule has 0 amide bonds. The van der Waals surface area contributed by atoms with Crippen LogP contribution in [0, 0.1) is 11.7 Å². The predicted octanol–water partition coefficient (Wildman–Crippen LogP) is 1.81. The Hall–Kier alpha value is -1.62. The number of aliphatic hydroxyl groups excluding tert-OH is 1. The van der Waals surface area contributed by atoms with Crippen LogP contribution in [-0.4, -0.2) is 24.2 Å². The number of rotatable bonds is 6. The topological polar surface area (TPSA) is 70.6 Å². The molecule has 0 saturated carbocycles. The SMILES string of the molecule is CC(C)CCNC(N)=NCC(O)c1ccccc1F. The first-order valence-electron chi connectivity index (χ1n) is 6.47. The van der Waals surface area contributed by atoms with E-state index in [-0.39, 0.29) is 18.1 Å². The van der Waals surface area contributed by atoms with Gasteiger partial charge in [-0.2, -0.15) is 0 Å². The Bertz CT molecular complexity index is 421. The van der Waals surface area contributed by atoms with Gasteiger partial charge in [-0.3, -0.25) is 4.99 Å². The van der Waals surface area contributed by atoms with Crippen molar-refractivity contribution in [2.75, 3.05) is 13.1 Å². The molecule has 0 spiro atoms. The molecule has 0 aliphatic heterocycles.